The number of rotatable bonds is 4. The Morgan fingerprint density at radius 1 is 1.00 bits per heavy atom. The van der Waals surface area contributed by atoms with Crippen LogP contribution in [0.4, 0.5) is 0 Å². The zero-order valence-corrected chi connectivity index (χ0v) is 11.4. The van der Waals surface area contributed by atoms with E-state index in [1.165, 1.54) is 0 Å². The van der Waals surface area contributed by atoms with E-state index in [9.17, 15) is 0 Å². The van der Waals surface area contributed by atoms with E-state index in [0.717, 1.165) is 35.3 Å². The lowest BCUT2D eigenvalue weighted by Gasteiger charge is -2.02. The quantitative estimate of drug-likeness (QED) is 0.814. The molecule has 3 nitrogen and oxygen atoms in total. The third-order valence-electron chi connectivity index (χ3n) is 2.56. The maximum Gasteiger partial charge on any atom is 0.140 e. The first-order valence-electron chi connectivity index (χ1n) is 5.75. The molecular weight excluding hydrogens is 290 g/mol. The smallest absolute Gasteiger partial charge is 0.140 e. The first-order chi connectivity index (χ1) is 8.78. The summed E-state index contributed by atoms with van der Waals surface area (Å²) in [6, 6.07) is 13.5. The molecule has 0 aliphatic rings. The van der Waals surface area contributed by atoms with Crippen LogP contribution < -0.4 is 0 Å². The van der Waals surface area contributed by atoms with E-state index in [2.05, 4.69) is 32.0 Å². The van der Waals surface area contributed by atoms with Crippen LogP contribution in [0, 0.1) is 11.3 Å². The van der Waals surface area contributed by atoms with Crippen molar-refractivity contribution in [3.63, 3.8) is 0 Å². The molecule has 0 N–H and O–H groups in total. The Balaban J connectivity index is 1.90. The second kappa shape index (κ2) is 6.27. The number of nitrogens with zero attached hydrogens (tertiary/aromatic N) is 3. The summed E-state index contributed by atoms with van der Waals surface area (Å²) >= 11 is 3.36. The molecule has 0 saturated carbocycles. The zero-order valence-electron chi connectivity index (χ0n) is 9.81. The minimum Gasteiger partial charge on any atom is -0.246 e. The van der Waals surface area contributed by atoms with E-state index in [1.807, 2.05) is 30.3 Å². The van der Waals surface area contributed by atoms with Crippen molar-refractivity contribution in [2.75, 3.05) is 0 Å². The van der Waals surface area contributed by atoms with Gasteiger partial charge in [-0.2, -0.15) is 5.26 Å². The van der Waals surface area contributed by atoms with Crippen LogP contribution >= 0.6 is 15.9 Å². The van der Waals surface area contributed by atoms with Crippen molar-refractivity contribution < 1.29 is 0 Å². The molecular formula is C14H12BrN3. The lowest BCUT2D eigenvalue weighted by atomic mass is 10.1. The van der Waals surface area contributed by atoms with Gasteiger partial charge in [-0.05, 0) is 59.5 Å². The lowest BCUT2D eigenvalue weighted by Crippen LogP contribution is -1.96. The van der Waals surface area contributed by atoms with Crippen LogP contribution in [-0.4, -0.2) is 9.97 Å². The maximum atomic E-state index is 8.77. The van der Waals surface area contributed by atoms with Crippen LogP contribution in [0.15, 0.2) is 41.0 Å². The molecule has 2 heterocycles. The molecule has 90 valence electrons. The van der Waals surface area contributed by atoms with Gasteiger partial charge in [-0.15, -0.1) is 0 Å². The highest BCUT2D eigenvalue weighted by molar-refractivity contribution is 9.10. The van der Waals surface area contributed by atoms with Crippen molar-refractivity contribution >= 4 is 15.9 Å². The fourth-order valence-electron chi connectivity index (χ4n) is 1.72. The summed E-state index contributed by atoms with van der Waals surface area (Å²) < 4.78 is 0.865. The van der Waals surface area contributed by atoms with Crippen LogP contribution in [0.5, 0.6) is 0 Å². The van der Waals surface area contributed by atoms with Gasteiger partial charge in [0.25, 0.3) is 0 Å². The van der Waals surface area contributed by atoms with E-state index < -0.39 is 0 Å². The Labute approximate surface area is 115 Å². The number of hydrogen-bond acceptors (Lipinski definition) is 3. The van der Waals surface area contributed by atoms with E-state index in [1.54, 1.807) is 6.07 Å². The summed E-state index contributed by atoms with van der Waals surface area (Å²) in [6.45, 7) is 0. The normalized spacial score (nSPS) is 10.0. The average Bonchev–Trinajstić information content (AvgIpc) is 2.39. The van der Waals surface area contributed by atoms with E-state index in [4.69, 9.17) is 5.26 Å². The topological polar surface area (TPSA) is 49.6 Å². The predicted molar refractivity (Wildman–Crippen MR) is 72.9 cm³/mol. The van der Waals surface area contributed by atoms with Gasteiger partial charge in [0.2, 0.25) is 0 Å². The number of halogens is 1. The highest BCUT2D eigenvalue weighted by Crippen LogP contribution is 2.09. The number of nitriles is 1. The molecule has 0 spiro atoms. The van der Waals surface area contributed by atoms with Crippen LogP contribution in [0.2, 0.25) is 0 Å². The van der Waals surface area contributed by atoms with Gasteiger partial charge >= 0.3 is 0 Å². The fraction of sp³-hybridized carbons (Fsp3) is 0.214. The molecule has 0 unspecified atom stereocenters. The molecule has 2 rings (SSSR count). The summed E-state index contributed by atoms with van der Waals surface area (Å²) in [5, 5.41) is 8.77. The summed E-state index contributed by atoms with van der Waals surface area (Å²) in [7, 11) is 0. The number of pyridine rings is 2. The van der Waals surface area contributed by atoms with Gasteiger partial charge in [-0.3, -0.25) is 0 Å². The molecule has 2 aromatic rings. The predicted octanol–water partition coefficient (Wildman–Crippen LogP) is 3.29. The van der Waals surface area contributed by atoms with Crippen LogP contribution in [0.3, 0.4) is 0 Å². The van der Waals surface area contributed by atoms with Gasteiger partial charge in [0, 0.05) is 11.4 Å². The summed E-state index contributed by atoms with van der Waals surface area (Å²) in [4.78, 5) is 8.63. The third kappa shape index (κ3) is 3.64. The fourth-order valence-corrected chi connectivity index (χ4v) is 2.10. The minimum atomic E-state index is 0.480. The molecule has 0 amide bonds. The number of hydrogen-bond donors (Lipinski definition) is 0. The van der Waals surface area contributed by atoms with Gasteiger partial charge in [0.1, 0.15) is 16.4 Å². The van der Waals surface area contributed by atoms with Crippen molar-refractivity contribution in [3.05, 3.63) is 58.1 Å². The second-order valence-corrected chi connectivity index (χ2v) is 4.74. The monoisotopic (exact) mass is 301 g/mol. The minimum absolute atomic E-state index is 0.480. The van der Waals surface area contributed by atoms with Gasteiger partial charge in [-0.1, -0.05) is 12.1 Å². The Morgan fingerprint density at radius 2 is 1.67 bits per heavy atom. The highest BCUT2D eigenvalue weighted by atomic mass is 79.9. The largest absolute Gasteiger partial charge is 0.246 e. The molecule has 0 aliphatic heterocycles. The molecule has 0 aliphatic carbocycles. The molecule has 0 bridgehead atoms. The molecule has 0 saturated heterocycles. The van der Waals surface area contributed by atoms with Gasteiger partial charge in [0.15, 0.2) is 0 Å². The van der Waals surface area contributed by atoms with Crippen molar-refractivity contribution in [1.82, 2.24) is 9.97 Å². The van der Waals surface area contributed by atoms with E-state index in [0.29, 0.717) is 5.69 Å². The average molecular weight is 302 g/mol. The first-order valence-corrected chi connectivity index (χ1v) is 6.55. The molecule has 0 aromatic carbocycles. The van der Waals surface area contributed by atoms with Crippen molar-refractivity contribution in [1.29, 1.82) is 5.26 Å². The Kier molecular flexibility index (Phi) is 4.43. The molecule has 4 heteroatoms. The zero-order chi connectivity index (χ0) is 12.8. The van der Waals surface area contributed by atoms with Crippen LogP contribution in [-0.2, 0) is 12.8 Å². The molecule has 0 radical (unpaired) electrons. The summed E-state index contributed by atoms with van der Waals surface area (Å²) in [5.41, 5.74) is 2.51. The summed E-state index contributed by atoms with van der Waals surface area (Å²) in [6.07, 6.45) is 2.76. The molecule has 18 heavy (non-hydrogen) atoms. The highest BCUT2D eigenvalue weighted by Gasteiger charge is 1.99. The van der Waals surface area contributed by atoms with Crippen LogP contribution in [0.25, 0.3) is 0 Å². The Bertz CT molecular complexity index is 575. The van der Waals surface area contributed by atoms with Crippen molar-refractivity contribution in [3.8, 4) is 6.07 Å². The van der Waals surface area contributed by atoms with E-state index >= 15 is 0 Å². The van der Waals surface area contributed by atoms with E-state index in [-0.39, 0.29) is 0 Å². The lowest BCUT2D eigenvalue weighted by molar-refractivity contribution is 0.778. The Morgan fingerprint density at radius 3 is 2.33 bits per heavy atom. The van der Waals surface area contributed by atoms with Gasteiger partial charge in [-0.25, -0.2) is 9.97 Å². The molecule has 0 atom stereocenters. The Hall–Kier alpha value is -1.73. The van der Waals surface area contributed by atoms with Crippen molar-refractivity contribution in [2.24, 2.45) is 0 Å². The third-order valence-corrected chi connectivity index (χ3v) is 3.00. The first kappa shape index (κ1) is 12.7. The van der Waals surface area contributed by atoms with Crippen molar-refractivity contribution in [2.45, 2.75) is 19.3 Å². The van der Waals surface area contributed by atoms with Crippen LogP contribution in [0.1, 0.15) is 23.5 Å². The second-order valence-electron chi connectivity index (χ2n) is 3.93. The molecule has 2 aromatic heterocycles. The van der Waals surface area contributed by atoms with Gasteiger partial charge in [0.05, 0.1) is 0 Å². The maximum absolute atomic E-state index is 8.77. The number of aromatic nitrogens is 2. The molecule has 0 fully saturated rings. The number of aryl methyl sites for hydroxylation is 2. The SMILES string of the molecule is N#Cc1cccc(CCCc2cccc(Br)n2)n1. The van der Waals surface area contributed by atoms with Gasteiger partial charge < -0.3 is 0 Å². The standard InChI is InChI=1S/C14H12BrN3/c15-14-9-3-7-12(18-14)6-1-4-11-5-2-8-13(10-16)17-11/h2-3,5,7-9H,1,4,6H2. The summed E-state index contributed by atoms with van der Waals surface area (Å²) in [5.74, 6) is 0.